The van der Waals surface area contributed by atoms with Gasteiger partial charge < -0.3 is 10.4 Å². The molecule has 2 aromatic rings. The van der Waals surface area contributed by atoms with Crippen LogP contribution in [0.15, 0.2) is 12.3 Å². The van der Waals surface area contributed by atoms with Gasteiger partial charge in [0, 0.05) is 5.69 Å². The molecule has 1 atom stereocenters. The highest BCUT2D eigenvalue weighted by Crippen LogP contribution is 2.30. The zero-order valence-corrected chi connectivity index (χ0v) is 15.6. The summed E-state index contributed by atoms with van der Waals surface area (Å²) in [6.07, 6.45) is 6.10. The number of nitrogens with zero attached hydrogens (tertiary/aromatic N) is 3. The number of fused-ring (bicyclic) bond motifs is 1. The van der Waals surface area contributed by atoms with Gasteiger partial charge in [0.15, 0.2) is 5.65 Å². The summed E-state index contributed by atoms with van der Waals surface area (Å²) < 4.78 is 1.83. The van der Waals surface area contributed by atoms with Crippen molar-refractivity contribution in [2.45, 2.75) is 70.9 Å². The van der Waals surface area contributed by atoms with E-state index in [2.05, 4.69) is 29.2 Å². The Kier molecular flexibility index (Phi) is 4.98. The molecule has 0 aromatic carbocycles. The van der Waals surface area contributed by atoms with Crippen LogP contribution in [0, 0.1) is 6.92 Å². The standard InChI is InChI=1S/C19H26N4O3/c1-4-13(3)23-16-15(11-20-23)14(10-12(2)21-16)17(24)22-19(18(25)26)8-6-5-7-9-19/h10-11,13H,4-9H2,1-3H3,(H,22,24)(H,25,26). The Bertz CT molecular complexity index is 837. The number of amides is 1. The average Bonchev–Trinajstić information content (AvgIpc) is 3.04. The third-order valence-electron chi connectivity index (χ3n) is 5.42. The van der Waals surface area contributed by atoms with E-state index >= 15 is 0 Å². The normalized spacial score (nSPS) is 17.8. The summed E-state index contributed by atoms with van der Waals surface area (Å²) in [7, 11) is 0. The van der Waals surface area contributed by atoms with Gasteiger partial charge in [-0.2, -0.15) is 5.10 Å². The Morgan fingerprint density at radius 1 is 1.35 bits per heavy atom. The van der Waals surface area contributed by atoms with Gasteiger partial charge in [0.1, 0.15) is 5.54 Å². The maximum absolute atomic E-state index is 13.0. The Balaban J connectivity index is 2.00. The number of hydrogen-bond donors (Lipinski definition) is 2. The van der Waals surface area contributed by atoms with Crippen LogP contribution in [0.4, 0.5) is 0 Å². The molecule has 7 nitrogen and oxygen atoms in total. The molecule has 26 heavy (non-hydrogen) atoms. The van der Waals surface area contributed by atoms with Crippen LogP contribution in [0.3, 0.4) is 0 Å². The van der Waals surface area contributed by atoms with Crippen molar-refractivity contribution in [1.82, 2.24) is 20.1 Å². The molecule has 0 spiro atoms. The van der Waals surface area contributed by atoms with Crippen LogP contribution in [0.25, 0.3) is 11.0 Å². The molecule has 140 valence electrons. The smallest absolute Gasteiger partial charge is 0.329 e. The number of aliphatic carboxylic acids is 1. The minimum absolute atomic E-state index is 0.168. The van der Waals surface area contributed by atoms with Crippen molar-refractivity contribution >= 4 is 22.9 Å². The Labute approximate surface area is 152 Å². The number of rotatable bonds is 5. The molecule has 1 saturated carbocycles. The van der Waals surface area contributed by atoms with Crippen LogP contribution in [0.2, 0.25) is 0 Å². The Morgan fingerprint density at radius 3 is 2.65 bits per heavy atom. The van der Waals surface area contributed by atoms with E-state index in [1.54, 1.807) is 12.3 Å². The fourth-order valence-corrected chi connectivity index (χ4v) is 3.66. The van der Waals surface area contributed by atoms with E-state index in [4.69, 9.17) is 0 Å². The number of aromatic nitrogens is 3. The number of hydrogen-bond acceptors (Lipinski definition) is 4. The van der Waals surface area contributed by atoms with Gasteiger partial charge in [-0.25, -0.2) is 14.5 Å². The molecule has 0 radical (unpaired) electrons. The van der Waals surface area contributed by atoms with E-state index in [0.29, 0.717) is 35.1 Å². The maximum atomic E-state index is 13.0. The van der Waals surface area contributed by atoms with Crippen molar-refractivity contribution in [1.29, 1.82) is 0 Å². The lowest BCUT2D eigenvalue weighted by atomic mass is 9.81. The number of aryl methyl sites for hydroxylation is 1. The predicted octanol–water partition coefficient (Wildman–Crippen LogP) is 3.23. The Morgan fingerprint density at radius 2 is 2.04 bits per heavy atom. The van der Waals surface area contributed by atoms with Crippen LogP contribution in [0.5, 0.6) is 0 Å². The monoisotopic (exact) mass is 358 g/mol. The molecule has 0 aliphatic heterocycles. The highest BCUT2D eigenvalue weighted by atomic mass is 16.4. The van der Waals surface area contributed by atoms with Gasteiger partial charge >= 0.3 is 5.97 Å². The largest absolute Gasteiger partial charge is 0.480 e. The van der Waals surface area contributed by atoms with Crippen molar-refractivity contribution in [2.24, 2.45) is 0 Å². The number of pyridine rings is 1. The molecule has 1 fully saturated rings. The van der Waals surface area contributed by atoms with Crippen molar-refractivity contribution in [2.75, 3.05) is 0 Å². The van der Waals surface area contributed by atoms with E-state index in [-0.39, 0.29) is 11.9 Å². The quantitative estimate of drug-likeness (QED) is 0.855. The summed E-state index contributed by atoms with van der Waals surface area (Å²) in [5, 5.41) is 17.6. The van der Waals surface area contributed by atoms with Gasteiger partial charge in [-0.1, -0.05) is 26.2 Å². The van der Waals surface area contributed by atoms with Gasteiger partial charge in [0.2, 0.25) is 0 Å². The zero-order chi connectivity index (χ0) is 18.9. The first-order valence-electron chi connectivity index (χ1n) is 9.28. The topological polar surface area (TPSA) is 97.1 Å². The first-order chi connectivity index (χ1) is 12.4. The van der Waals surface area contributed by atoms with E-state index < -0.39 is 11.5 Å². The number of carbonyl (C=O) groups excluding carboxylic acids is 1. The van der Waals surface area contributed by atoms with Gasteiger partial charge in [-0.15, -0.1) is 0 Å². The predicted molar refractivity (Wildman–Crippen MR) is 98.2 cm³/mol. The van der Waals surface area contributed by atoms with Crippen LogP contribution in [-0.2, 0) is 4.79 Å². The summed E-state index contributed by atoms with van der Waals surface area (Å²) in [6, 6.07) is 1.87. The molecular weight excluding hydrogens is 332 g/mol. The summed E-state index contributed by atoms with van der Waals surface area (Å²) in [4.78, 5) is 29.4. The second kappa shape index (κ2) is 7.05. The molecule has 2 aromatic heterocycles. The molecule has 7 heteroatoms. The fourth-order valence-electron chi connectivity index (χ4n) is 3.66. The summed E-state index contributed by atoms with van der Waals surface area (Å²) in [5.74, 6) is -1.32. The molecule has 1 aliphatic rings. The second-order valence-electron chi connectivity index (χ2n) is 7.30. The first kappa shape index (κ1) is 18.4. The number of carboxylic acid groups (broad SMARTS) is 1. The van der Waals surface area contributed by atoms with Crippen LogP contribution in [0.1, 0.15) is 74.5 Å². The highest BCUT2D eigenvalue weighted by Gasteiger charge is 2.41. The molecule has 2 N–H and O–H groups in total. The molecule has 2 heterocycles. The third-order valence-corrected chi connectivity index (χ3v) is 5.42. The first-order valence-corrected chi connectivity index (χ1v) is 9.28. The van der Waals surface area contributed by atoms with Crippen molar-refractivity contribution in [3.05, 3.63) is 23.5 Å². The summed E-state index contributed by atoms with van der Waals surface area (Å²) in [5.41, 5.74) is 0.637. The lowest BCUT2D eigenvalue weighted by Gasteiger charge is -2.34. The van der Waals surface area contributed by atoms with Gasteiger partial charge in [-0.05, 0) is 39.2 Å². The minimum Gasteiger partial charge on any atom is -0.480 e. The van der Waals surface area contributed by atoms with E-state index in [0.717, 1.165) is 25.7 Å². The molecular formula is C19H26N4O3. The lowest BCUT2D eigenvalue weighted by molar-refractivity contribution is -0.145. The molecule has 0 saturated heterocycles. The second-order valence-corrected chi connectivity index (χ2v) is 7.30. The highest BCUT2D eigenvalue weighted by molar-refractivity contribution is 6.07. The molecule has 1 unspecified atom stereocenters. The van der Waals surface area contributed by atoms with E-state index in [1.165, 1.54) is 0 Å². The van der Waals surface area contributed by atoms with Crippen molar-refractivity contribution < 1.29 is 14.7 Å². The van der Waals surface area contributed by atoms with Crippen molar-refractivity contribution in [3.8, 4) is 0 Å². The molecule has 1 aliphatic carbocycles. The van der Waals surface area contributed by atoms with Gasteiger partial charge in [0.05, 0.1) is 23.2 Å². The third kappa shape index (κ3) is 3.18. The van der Waals surface area contributed by atoms with Crippen LogP contribution in [-0.4, -0.2) is 37.3 Å². The molecule has 1 amide bonds. The van der Waals surface area contributed by atoms with Gasteiger partial charge in [-0.3, -0.25) is 4.79 Å². The minimum atomic E-state index is -1.18. The molecule has 0 bridgehead atoms. The van der Waals surface area contributed by atoms with Crippen LogP contribution < -0.4 is 5.32 Å². The number of nitrogens with one attached hydrogen (secondary N) is 1. The number of carbonyl (C=O) groups is 2. The van der Waals surface area contributed by atoms with Gasteiger partial charge in [0.25, 0.3) is 5.91 Å². The molecule has 3 rings (SSSR count). The lowest BCUT2D eigenvalue weighted by Crippen LogP contribution is -2.55. The Hall–Kier alpha value is -2.44. The number of carboxylic acids is 1. The van der Waals surface area contributed by atoms with Crippen LogP contribution >= 0.6 is 0 Å². The maximum Gasteiger partial charge on any atom is 0.329 e. The SMILES string of the molecule is CCC(C)n1ncc2c(C(=O)NC3(C(=O)O)CCCCC3)cc(C)nc21. The van der Waals surface area contributed by atoms with Crippen molar-refractivity contribution in [3.63, 3.8) is 0 Å². The zero-order valence-electron chi connectivity index (χ0n) is 15.6. The average molecular weight is 358 g/mol. The summed E-state index contributed by atoms with van der Waals surface area (Å²) >= 11 is 0. The van der Waals surface area contributed by atoms with E-state index in [1.807, 2.05) is 11.6 Å². The summed E-state index contributed by atoms with van der Waals surface area (Å²) in [6.45, 7) is 5.96. The fraction of sp³-hybridized carbons (Fsp3) is 0.579. The van der Waals surface area contributed by atoms with E-state index in [9.17, 15) is 14.7 Å².